The minimum Gasteiger partial charge on any atom is -0.454 e. The lowest BCUT2D eigenvalue weighted by Gasteiger charge is -2.44. The molecule has 1 N–H and O–H groups in total. The van der Waals surface area contributed by atoms with E-state index in [9.17, 15) is 4.79 Å². The number of methoxy groups -OCH3 is 2. The van der Waals surface area contributed by atoms with Gasteiger partial charge in [-0.2, -0.15) is 0 Å². The van der Waals surface area contributed by atoms with Crippen molar-refractivity contribution < 1.29 is 23.7 Å². The van der Waals surface area contributed by atoms with Crippen LogP contribution in [0.2, 0.25) is 0 Å². The molecule has 1 amide bonds. The Hall–Kier alpha value is -2.74. The van der Waals surface area contributed by atoms with Gasteiger partial charge in [-0.05, 0) is 29.3 Å². The summed E-state index contributed by atoms with van der Waals surface area (Å²) >= 11 is 6.07. The van der Waals surface area contributed by atoms with Crippen LogP contribution in [0.3, 0.4) is 0 Å². The van der Waals surface area contributed by atoms with E-state index in [0.29, 0.717) is 17.9 Å². The van der Waals surface area contributed by atoms with E-state index in [1.165, 1.54) is 0 Å². The number of nitrogens with one attached hydrogen (secondary N) is 1. The normalized spacial score (nSPS) is 19.8. The lowest BCUT2D eigenvalue weighted by molar-refractivity contribution is -0.167. The Morgan fingerprint density at radius 3 is 2.74 bits per heavy atom. The number of fused-ring (bicyclic) bond motifs is 4. The molecule has 1 aromatic heterocycles. The van der Waals surface area contributed by atoms with Gasteiger partial charge in [0, 0.05) is 37.2 Å². The van der Waals surface area contributed by atoms with Crippen molar-refractivity contribution >= 4 is 28.4 Å². The van der Waals surface area contributed by atoms with Crippen LogP contribution in [0, 0.1) is 0 Å². The fourth-order valence-electron chi connectivity index (χ4n) is 4.76. The summed E-state index contributed by atoms with van der Waals surface area (Å²) in [5.74, 6) is 1.01. The predicted octanol–water partition coefficient (Wildman–Crippen LogP) is 3.60. The van der Waals surface area contributed by atoms with Crippen LogP contribution in [0.25, 0.3) is 10.9 Å². The van der Waals surface area contributed by atoms with Crippen molar-refractivity contribution in [3.05, 3.63) is 59.3 Å². The molecule has 5 rings (SSSR count). The summed E-state index contributed by atoms with van der Waals surface area (Å²) < 4.78 is 22.3. The van der Waals surface area contributed by atoms with E-state index in [0.717, 1.165) is 27.7 Å². The van der Waals surface area contributed by atoms with Crippen LogP contribution in [-0.4, -0.2) is 55.0 Å². The highest BCUT2D eigenvalue weighted by Gasteiger charge is 2.44. The number of rotatable bonds is 5. The number of alkyl halides is 1. The maximum atomic E-state index is 13.2. The zero-order valence-corrected chi connectivity index (χ0v) is 18.0. The number of nitrogens with zero attached hydrogens (tertiary/aromatic N) is 1. The third kappa shape index (κ3) is 3.24. The Labute approximate surface area is 184 Å². The number of hydrogen-bond acceptors (Lipinski definition) is 5. The average molecular weight is 443 g/mol. The molecule has 0 radical (unpaired) electrons. The molecule has 3 heterocycles. The summed E-state index contributed by atoms with van der Waals surface area (Å²) in [6.45, 7) is 0.184. The van der Waals surface area contributed by atoms with Gasteiger partial charge < -0.3 is 28.8 Å². The summed E-state index contributed by atoms with van der Waals surface area (Å²) in [6, 6.07) is 13.1. The molecule has 2 aromatic carbocycles. The van der Waals surface area contributed by atoms with E-state index in [2.05, 4.69) is 11.1 Å². The van der Waals surface area contributed by atoms with Crippen LogP contribution in [0.15, 0.2) is 42.5 Å². The van der Waals surface area contributed by atoms with Crippen molar-refractivity contribution in [2.24, 2.45) is 0 Å². The lowest BCUT2D eigenvalue weighted by atomic mass is 9.87. The topological polar surface area (TPSA) is 73.0 Å². The molecule has 31 heavy (non-hydrogen) atoms. The van der Waals surface area contributed by atoms with Gasteiger partial charge in [0.05, 0.1) is 12.1 Å². The number of H-pyrrole nitrogens is 1. The highest BCUT2D eigenvalue weighted by molar-refractivity contribution is 6.27. The van der Waals surface area contributed by atoms with Gasteiger partial charge in [-0.25, -0.2) is 0 Å². The van der Waals surface area contributed by atoms with Crippen LogP contribution in [0.4, 0.5) is 0 Å². The molecule has 0 spiro atoms. The molecule has 162 valence electrons. The fraction of sp³-hybridized carbons (Fsp3) is 0.348. The molecular formula is C23H23ClN2O5. The maximum Gasteiger partial charge on any atom is 0.238 e. The van der Waals surface area contributed by atoms with Crippen LogP contribution in [0.1, 0.15) is 22.9 Å². The SMILES string of the molecule is COC(OC)[C@H]1Cc2c([nH]c3ccccc23)[C@@H](c2ccc3c(c2)OCO3)N1C(=O)CCl. The van der Waals surface area contributed by atoms with Gasteiger partial charge in [0.1, 0.15) is 5.88 Å². The zero-order chi connectivity index (χ0) is 21.5. The van der Waals surface area contributed by atoms with Crippen LogP contribution < -0.4 is 9.47 Å². The Morgan fingerprint density at radius 1 is 1.19 bits per heavy atom. The second-order valence-electron chi connectivity index (χ2n) is 7.62. The average Bonchev–Trinajstić information content (AvgIpc) is 3.42. The van der Waals surface area contributed by atoms with Gasteiger partial charge >= 0.3 is 0 Å². The molecule has 0 saturated heterocycles. The molecule has 2 aliphatic heterocycles. The Bertz CT molecular complexity index is 1130. The number of aromatic amines is 1. The number of carbonyl (C=O) groups excluding carboxylic acids is 1. The number of carbonyl (C=O) groups is 1. The minimum atomic E-state index is -0.606. The molecule has 8 heteroatoms. The first-order valence-electron chi connectivity index (χ1n) is 10.1. The monoisotopic (exact) mass is 442 g/mol. The number of benzene rings is 2. The van der Waals surface area contributed by atoms with E-state index in [4.69, 9.17) is 30.5 Å². The second-order valence-corrected chi connectivity index (χ2v) is 7.89. The Morgan fingerprint density at radius 2 is 1.97 bits per heavy atom. The number of ether oxygens (including phenoxy) is 4. The van der Waals surface area contributed by atoms with Gasteiger partial charge in [-0.1, -0.05) is 24.3 Å². The first-order valence-corrected chi connectivity index (χ1v) is 10.6. The second kappa shape index (κ2) is 8.07. The number of amides is 1. The number of aromatic nitrogens is 1. The molecule has 0 fully saturated rings. The highest BCUT2D eigenvalue weighted by atomic mass is 35.5. The molecule has 0 saturated carbocycles. The summed E-state index contributed by atoms with van der Waals surface area (Å²) in [5, 5.41) is 1.12. The summed E-state index contributed by atoms with van der Waals surface area (Å²) in [4.78, 5) is 18.5. The van der Waals surface area contributed by atoms with Crippen molar-refractivity contribution in [1.82, 2.24) is 9.88 Å². The van der Waals surface area contributed by atoms with Crippen molar-refractivity contribution in [3.63, 3.8) is 0 Å². The zero-order valence-electron chi connectivity index (χ0n) is 17.3. The largest absolute Gasteiger partial charge is 0.454 e. The van der Waals surface area contributed by atoms with E-state index in [-0.39, 0.29) is 24.6 Å². The minimum absolute atomic E-state index is 0.146. The lowest BCUT2D eigenvalue weighted by Crippen LogP contribution is -2.54. The van der Waals surface area contributed by atoms with Crippen LogP contribution in [-0.2, 0) is 20.7 Å². The molecule has 2 atom stereocenters. The van der Waals surface area contributed by atoms with Gasteiger partial charge in [-0.15, -0.1) is 11.6 Å². The third-order valence-corrected chi connectivity index (χ3v) is 6.29. The number of hydrogen-bond donors (Lipinski definition) is 1. The van der Waals surface area contributed by atoms with Gasteiger partial charge in [-0.3, -0.25) is 4.79 Å². The molecule has 7 nitrogen and oxygen atoms in total. The van der Waals surface area contributed by atoms with Crippen molar-refractivity contribution in [2.45, 2.75) is 24.8 Å². The number of halogens is 1. The predicted molar refractivity (Wildman–Crippen MR) is 116 cm³/mol. The van der Waals surface area contributed by atoms with E-state index in [1.807, 2.05) is 36.4 Å². The van der Waals surface area contributed by atoms with Gasteiger partial charge in [0.15, 0.2) is 17.8 Å². The van der Waals surface area contributed by atoms with Crippen molar-refractivity contribution in [3.8, 4) is 11.5 Å². The summed E-state index contributed by atoms with van der Waals surface area (Å²) in [6.07, 6.45) is -0.0273. The summed E-state index contributed by atoms with van der Waals surface area (Å²) in [7, 11) is 3.16. The Kier molecular flexibility index (Phi) is 5.25. The van der Waals surface area contributed by atoms with Gasteiger partial charge in [0.25, 0.3) is 0 Å². The first-order chi connectivity index (χ1) is 15.2. The molecular weight excluding hydrogens is 420 g/mol. The maximum absolute atomic E-state index is 13.2. The first kappa shape index (κ1) is 20.2. The van der Waals surface area contributed by atoms with E-state index in [1.54, 1.807) is 19.1 Å². The van der Waals surface area contributed by atoms with Crippen LogP contribution in [0.5, 0.6) is 11.5 Å². The molecule has 0 unspecified atom stereocenters. The highest BCUT2D eigenvalue weighted by Crippen LogP contribution is 2.44. The summed E-state index contributed by atoms with van der Waals surface area (Å²) in [5.41, 5.74) is 4.01. The van der Waals surface area contributed by atoms with Crippen LogP contribution >= 0.6 is 11.6 Å². The fourth-order valence-corrected chi connectivity index (χ4v) is 4.90. The molecule has 3 aromatic rings. The number of para-hydroxylation sites is 1. The molecule has 2 aliphatic rings. The molecule has 0 bridgehead atoms. The standard InChI is InChI=1S/C23H23ClN2O5/c1-28-23(29-2)17-10-15-14-5-3-4-6-16(14)25-21(15)22(26(17)20(27)11-24)13-7-8-18-19(9-13)31-12-30-18/h3-9,17,22-23,25H,10-12H2,1-2H3/t17-,22-/m1/s1. The Balaban J connectivity index is 1.74. The van der Waals surface area contributed by atoms with E-state index < -0.39 is 12.3 Å². The molecule has 0 aliphatic carbocycles. The van der Waals surface area contributed by atoms with Crippen molar-refractivity contribution in [2.75, 3.05) is 26.9 Å². The van der Waals surface area contributed by atoms with Crippen molar-refractivity contribution in [1.29, 1.82) is 0 Å². The smallest absolute Gasteiger partial charge is 0.238 e. The van der Waals surface area contributed by atoms with Gasteiger partial charge in [0.2, 0.25) is 12.7 Å². The third-order valence-electron chi connectivity index (χ3n) is 6.06. The van der Waals surface area contributed by atoms with E-state index >= 15 is 0 Å². The quantitative estimate of drug-likeness (QED) is 0.483.